The number of benzene rings is 1. The Hall–Kier alpha value is -2.15. The van der Waals surface area contributed by atoms with Crippen LogP contribution in [0.15, 0.2) is 48.8 Å². The Bertz CT molecular complexity index is 787. The number of carbonyl (C=O) groups is 2. The Balaban J connectivity index is 0.00000210. The quantitative estimate of drug-likeness (QED) is 0.748. The van der Waals surface area contributed by atoms with Gasteiger partial charge in [0.25, 0.3) is 5.91 Å². The number of carbonyl (C=O) groups excluding carboxylic acids is 2. The first-order valence-corrected chi connectivity index (χ1v) is 9.35. The van der Waals surface area contributed by atoms with Crippen LogP contribution in [0, 0.1) is 5.92 Å². The highest BCUT2D eigenvalue weighted by Crippen LogP contribution is 2.23. The van der Waals surface area contributed by atoms with E-state index in [4.69, 9.17) is 5.73 Å². The molecule has 1 aliphatic carbocycles. The molecule has 8 heteroatoms. The van der Waals surface area contributed by atoms with Crippen molar-refractivity contribution < 1.29 is 9.59 Å². The zero-order chi connectivity index (χ0) is 19.2. The second-order valence-electron chi connectivity index (χ2n) is 7.11. The van der Waals surface area contributed by atoms with Gasteiger partial charge in [0.15, 0.2) is 0 Å². The van der Waals surface area contributed by atoms with Gasteiger partial charge in [0.1, 0.15) is 0 Å². The first kappa shape index (κ1) is 24.9. The SMILES string of the molecule is CN(C(=O)c1ccncc1)c1ccc(CNC(=O)C2CCCC(N)C2)cc1.Cl.Cl. The molecule has 0 spiro atoms. The Morgan fingerprint density at radius 3 is 2.38 bits per heavy atom. The van der Waals surface area contributed by atoms with Crippen LogP contribution in [-0.4, -0.2) is 29.9 Å². The van der Waals surface area contributed by atoms with E-state index in [2.05, 4.69) is 10.3 Å². The number of hydrogen-bond donors (Lipinski definition) is 2. The molecule has 0 aliphatic heterocycles. The van der Waals surface area contributed by atoms with Crippen molar-refractivity contribution in [3.05, 3.63) is 59.9 Å². The van der Waals surface area contributed by atoms with Gasteiger partial charge in [0.2, 0.25) is 5.91 Å². The predicted molar refractivity (Wildman–Crippen MR) is 120 cm³/mol. The van der Waals surface area contributed by atoms with Gasteiger partial charge in [0.05, 0.1) is 0 Å². The summed E-state index contributed by atoms with van der Waals surface area (Å²) in [6, 6.07) is 11.2. The van der Waals surface area contributed by atoms with Gasteiger partial charge < -0.3 is 16.0 Å². The summed E-state index contributed by atoms with van der Waals surface area (Å²) in [5.74, 6) is 0.0171. The number of aromatic nitrogens is 1. The van der Waals surface area contributed by atoms with Crippen molar-refractivity contribution in [3.63, 3.8) is 0 Å². The number of nitrogens with zero attached hydrogens (tertiary/aromatic N) is 2. The predicted octanol–water partition coefficient (Wildman–Crippen LogP) is 3.34. The smallest absolute Gasteiger partial charge is 0.258 e. The van der Waals surface area contributed by atoms with Gasteiger partial charge in [-0.05, 0) is 49.1 Å². The third-order valence-electron chi connectivity index (χ3n) is 5.11. The molecule has 158 valence electrons. The van der Waals surface area contributed by atoms with Crippen LogP contribution in [-0.2, 0) is 11.3 Å². The van der Waals surface area contributed by atoms with Crippen molar-refractivity contribution >= 4 is 42.3 Å². The number of amides is 2. The van der Waals surface area contributed by atoms with Crippen molar-refractivity contribution in [2.75, 3.05) is 11.9 Å². The molecule has 2 aromatic rings. The number of anilines is 1. The van der Waals surface area contributed by atoms with Crippen LogP contribution in [0.1, 0.15) is 41.6 Å². The summed E-state index contributed by atoms with van der Waals surface area (Å²) in [7, 11) is 1.74. The van der Waals surface area contributed by atoms with Crippen LogP contribution >= 0.6 is 24.8 Å². The number of nitrogens with two attached hydrogens (primary N) is 1. The van der Waals surface area contributed by atoms with E-state index in [-0.39, 0.29) is 48.6 Å². The fraction of sp³-hybridized carbons (Fsp3) is 0.381. The highest BCUT2D eigenvalue weighted by atomic mass is 35.5. The van der Waals surface area contributed by atoms with E-state index in [0.717, 1.165) is 36.9 Å². The summed E-state index contributed by atoms with van der Waals surface area (Å²) in [6.07, 6.45) is 6.92. The molecule has 1 aliphatic rings. The summed E-state index contributed by atoms with van der Waals surface area (Å²) in [5.41, 5.74) is 8.35. The summed E-state index contributed by atoms with van der Waals surface area (Å²) in [6.45, 7) is 0.479. The molecule has 0 saturated heterocycles. The van der Waals surface area contributed by atoms with Gasteiger partial charge in [-0.15, -0.1) is 24.8 Å². The second-order valence-corrected chi connectivity index (χ2v) is 7.11. The fourth-order valence-corrected chi connectivity index (χ4v) is 3.44. The molecule has 6 nitrogen and oxygen atoms in total. The van der Waals surface area contributed by atoms with Gasteiger partial charge >= 0.3 is 0 Å². The van der Waals surface area contributed by atoms with Crippen LogP contribution in [0.4, 0.5) is 5.69 Å². The van der Waals surface area contributed by atoms with Crippen molar-refractivity contribution in [2.24, 2.45) is 11.7 Å². The molecule has 3 N–H and O–H groups in total. The highest BCUT2D eigenvalue weighted by Gasteiger charge is 2.25. The van der Waals surface area contributed by atoms with E-state index < -0.39 is 0 Å². The Labute approximate surface area is 184 Å². The third kappa shape index (κ3) is 6.70. The van der Waals surface area contributed by atoms with Gasteiger partial charge in [-0.1, -0.05) is 18.6 Å². The van der Waals surface area contributed by atoms with Crippen molar-refractivity contribution in [3.8, 4) is 0 Å². The molecule has 2 atom stereocenters. The first-order chi connectivity index (χ1) is 13.0. The minimum Gasteiger partial charge on any atom is -0.352 e. The van der Waals surface area contributed by atoms with Gasteiger partial charge in [-0.25, -0.2) is 0 Å². The van der Waals surface area contributed by atoms with Crippen molar-refractivity contribution in [1.29, 1.82) is 0 Å². The summed E-state index contributed by atoms with van der Waals surface area (Å²) in [5, 5.41) is 3.00. The topological polar surface area (TPSA) is 88.3 Å². The van der Waals surface area contributed by atoms with E-state index in [9.17, 15) is 9.59 Å². The van der Waals surface area contributed by atoms with Crippen LogP contribution in [0.2, 0.25) is 0 Å². The average Bonchev–Trinajstić information content (AvgIpc) is 2.72. The Kier molecular flexibility index (Phi) is 10.1. The van der Waals surface area contributed by atoms with Gasteiger partial charge in [-0.3, -0.25) is 14.6 Å². The fourth-order valence-electron chi connectivity index (χ4n) is 3.44. The van der Waals surface area contributed by atoms with Crippen LogP contribution in [0.5, 0.6) is 0 Å². The van der Waals surface area contributed by atoms with Crippen LogP contribution < -0.4 is 16.0 Å². The normalized spacial score (nSPS) is 18.0. The Morgan fingerprint density at radius 2 is 1.76 bits per heavy atom. The minimum atomic E-state index is -0.0907. The standard InChI is InChI=1S/C21H26N4O2.2ClH/c1-25(21(27)16-9-11-23-12-10-16)19-7-5-15(6-8-19)14-24-20(26)17-3-2-4-18(22)13-17;;/h5-12,17-18H,2-4,13-14,22H2,1H3,(H,24,26);2*1H. The maximum Gasteiger partial charge on any atom is 0.258 e. The largest absolute Gasteiger partial charge is 0.352 e. The summed E-state index contributed by atoms with van der Waals surface area (Å²) < 4.78 is 0. The lowest BCUT2D eigenvalue weighted by Crippen LogP contribution is -2.37. The molecule has 29 heavy (non-hydrogen) atoms. The zero-order valence-corrected chi connectivity index (χ0v) is 18.0. The van der Waals surface area contributed by atoms with Crippen LogP contribution in [0.3, 0.4) is 0 Å². The zero-order valence-electron chi connectivity index (χ0n) is 16.4. The number of rotatable bonds is 5. The lowest BCUT2D eigenvalue weighted by atomic mass is 9.85. The molecule has 0 bridgehead atoms. The van der Waals surface area contributed by atoms with E-state index in [1.165, 1.54) is 0 Å². The molecule has 3 rings (SSSR count). The number of nitrogens with one attached hydrogen (secondary N) is 1. The minimum absolute atomic E-state index is 0. The maximum atomic E-state index is 12.5. The monoisotopic (exact) mass is 438 g/mol. The third-order valence-corrected chi connectivity index (χ3v) is 5.11. The van der Waals surface area contributed by atoms with Crippen LogP contribution in [0.25, 0.3) is 0 Å². The van der Waals surface area contributed by atoms with E-state index in [1.54, 1.807) is 36.5 Å². The van der Waals surface area contributed by atoms with E-state index in [0.29, 0.717) is 12.1 Å². The maximum absolute atomic E-state index is 12.5. The van der Waals surface area contributed by atoms with Crippen molar-refractivity contribution in [1.82, 2.24) is 10.3 Å². The molecule has 1 saturated carbocycles. The first-order valence-electron chi connectivity index (χ1n) is 9.35. The molecule has 2 amide bonds. The molecule has 0 radical (unpaired) electrons. The molecular weight excluding hydrogens is 411 g/mol. The van der Waals surface area contributed by atoms with Crippen molar-refractivity contribution in [2.45, 2.75) is 38.3 Å². The number of halogens is 2. The lowest BCUT2D eigenvalue weighted by molar-refractivity contribution is -0.126. The van der Waals surface area contributed by atoms with E-state index >= 15 is 0 Å². The summed E-state index contributed by atoms with van der Waals surface area (Å²) >= 11 is 0. The van der Waals surface area contributed by atoms with Gasteiger partial charge in [-0.2, -0.15) is 0 Å². The summed E-state index contributed by atoms with van der Waals surface area (Å²) in [4.78, 5) is 30.3. The average molecular weight is 439 g/mol. The molecule has 2 unspecified atom stereocenters. The highest BCUT2D eigenvalue weighted by molar-refractivity contribution is 6.05. The molecule has 1 fully saturated rings. The molecule has 1 aromatic heterocycles. The number of hydrogen-bond acceptors (Lipinski definition) is 4. The Morgan fingerprint density at radius 1 is 1.10 bits per heavy atom. The second kappa shape index (κ2) is 11.8. The molecule has 1 aromatic carbocycles. The molecule has 1 heterocycles. The van der Waals surface area contributed by atoms with E-state index in [1.807, 2.05) is 24.3 Å². The number of pyridine rings is 1. The molecular formula is C21H28Cl2N4O2. The lowest BCUT2D eigenvalue weighted by Gasteiger charge is -2.25. The van der Waals surface area contributed by atoms with Gasteiger partial charge in [0, 0.05) is 49.2 Å².